The van der Waals surface area contributed by atoms with Crippen LogP contribution in [0.25, 0.3) is 11.3 Å². The molecule has 3 aromatic heterocycles. The Morgan fingerprint density at radius 2 is 1.63 bits per heavy atom. The van der Waals surface area contributed by atoms with Gasteiger partial charge >= 0.3 is 0 Å². The van der Waals surface area contributed by atoms with Crippen LogP contribution < -0.4 is 4.90 Å². The third-order valence-electron chi connectivity index (χ3n) is 5.05. The fourth-order valence-electron chi connectivity index (χ4n) is 3.43. The maximum absolute atomic E-state index is 8.98. The van der Waals surface area contributed by atoms with E-state index in [4.69, 9.17) is 10.2 Å². The third-order valence-corrected chi connectivity index (χ3v) is 5.05. The van der Waals surface area contributed by atoms with Gasteiger partial charge in [-0.3, -0.25) is 9.97 Å². The molecule has 4 rings (SSSR count). The van der Waals surface area contributed by atoms with Gasteiger partial charge in [-0.15, -0.1) is 0 Å². The lowest BCUT2D eigenvalue weighted by Crippen LogP contribution is -2.13. The minimum atomic E-state index is 0.680. The molecule has 0 radical (unpaired) electrons. The molecule has 0 aliphatic carbocycles. The fraction of sp³-hybridized carbons (Fsp3) is 0.120. The lowest BCUT2D eigenvalue weighted by atomic mass is 9.99. The molecule has 0 fully saturated rings. The van der Waals surface area contributed by atoms with Crippen molar-refractivity contribution in [3.63, 3.8) is 0 Å². The van der Waals surface area contributed by atoms with Crippen LogP contribution >= 0.6 is 0 Å². The fourth-order valence-corrected chi connectivity index (χ4v) is 3.43. The molecule has 0 N–H and O–H groups in total. The van der Waals surface area contributed by atoms with Gasteiger partial charge in [0.05, 0.1) is 29.2 Å². The molecule has 0 spiro atoms. The molecule has 1 aromatic carbocycles. The van der Waals surface area contributed by atoms with Gasteiger partial charge in [-0.1, -0.05) is 18.2 Å². The van der Waals surface area contributed by atoms with Crippen LogP contribution in [0.3, 0.4) is 0 Å². The van der Waals surface area contributed by atoms with E-state index < -0.39 is 0 Å². The number of benzene rings is 1. The molecule has 0 aliphatic heterocycles. The monoisotopic (exact) mass is 391 g/mol. The lowest BCUT2D eigenvalue weighted by Gasteiger charge is -2.21. The predicted molar refractivity (Wildman–Crippen MR) is 118 cm³/mol. The van der Waals surface area contributed by atoms with Gasteiger partial charge in [0, 0.05) is 31.2 Å². The highest BCUT2D eigenvalue weighted by atomic mass is 15.2. The zero-order chi connectivity index (χ0) is 20.8. The van der Waals surface area contributed by atoms with Crippen molar-refractivity contribution in [2.24, 2.45) is 0 Å². The molecule has 0 aliphatic rings. The molecule has 4 aromatic rings. The van der Waals surface area contributed by atoms with Crippen molar-refractivity contribution in [2.45, 2.75) is 12.8 Å². The van der Waals surface area contributed by atoms with Crippen LogP contribution in [0.5, 0.6) is 0 Å². The Labute approximate surface area is 176 Å². The predicted octanol–water partition coefficient (Wildman–Crippen LogP) is 4.96. The van der Waals surface area contributed by atoms with E-state index in [1.165, 1.54) is 5.56 Å². The molecule has 5 nitrogen and oxygen atoms in total. The molecule has 3 heterocycles. The lowest BCUT2D eigenvalue weighted by molar-refractivity contribution is 0.951. The molecule has 5 heteroatoms. The van der Waals surface area contributed by atoms with E-state index in [1.54, 1.807) is 12.4 Å². The molecule has 0 amide bonds. The highest BCUT2D eigenvalue weighted by Crippen LogP contribution is 2.33. The van der Waals surface area contributed by atoms with Crippen molar-refractivity contribution in [2.75, 3.05) is 11.9 Å². The normalized spacial score (nSPS) is 10.4. The first kappa shape index (κ1) is 19.3. The smallest absolute Gasteiger partial charge is 0.142 e. The Bertz CT molecular complexity index is 1160. The van der Waals surface area contributed by atoms with Gasteiger partial charge in [0.1, 0.15) is 5.82 Å². The summed E-state index contributed by atoms with van der Waals surface area (Å²) in [5, 5.41) is 8.98. The van der Waals surface area contributed by atoms with Gasteiger partial charge in [0.25, 0.3) is 0 Å². The third kappa shape index (κ3) is 4.18. The number of anilines is 2. The van der Waals surface area contributed by atoms with Crippen LogP contribution in [-0.2, 0) is 12.8 Å². The van der Waals surface area contributed by atoms with E-state index in [1.807, 2.05) is 72.9 Å². The van der Waals surface area contributed by atoms with Gasteiger partial charge < -0.3 is 4.90 Å². The number of aryl methyl sites for hydroxylation is 2. The summed E-state index contributed by atoms with van der Waals surface area (Å²) >= 11 is 0. The zero-order valence-corrected chi connectivity index (χ0v) is 16.7. The maximum atomic E-state index is 8.98. The number of rotatable bonds is 6. The van der Waals surface area contributed by atoms with Gasteiger partial charge in [-0.05, 0) is 66.4 Å². The van der Waals surface area contributed by atoms with Crippen molar-refractivity contribution in [1.29, 1.82) is 5.26 Å². The van der Waals surface area contributed by atoms with Crippen LogP contribution in [0.15, 0.2) is 85.5 Å². The van der Waals surface area contributed by atoms with E-state index >= 15 is 0 Å². The summed E-state index contributed by atoms with van der Waals surface area (Å²) < 4.78 is 0. The van der Waals surface area contributed by atoms with Crippen LogP contribution in [0, 0.1) is 11.3 Å². The molecule has 146 valence electrons. The van der Waals surface area contributed by atoms with Crippen molar-refractivity contribution in [3.8, 4) is 17.3 Å². The number of nitriles is 1. The summed E-state index contributed by atoms with van der Waals surface area (Å²) in [7, 11) is 1.99. The van der Waals surface area contributed by atoms with Crippen LogP contribution in [0.2, 0.25) is 0 Å². The van der Waals surface area contributed by atoms with Gasteiger partial charge in [0.15, 0.2) is 0 Å². The van der Waals surface area contributed by atoms with E-state index in [0.717, 1.165) is 41.2 Å². The Kier molecular flexibility index (Phi) is 5.77. The zero-order valence-electron chi connectivity index (χ0n) is 16.7. The summed E-state index contributed by atoms with van der Waals surface area (Å²) in [6.07, 6.45) is 8.92. The van der Waals surface area contributed by atoms with E-state index in [2.05, 4.69) is 28.2 Å². The molecule has 0 saturated carbocycles. The number of hydrogen-bond donors (Lipinski definition) is 0. The Morgan fingerprint density at radius 1 is 0.867 bits per heavy atom. The quantitative estimate of drug-likeness (QED) is 0.465. The van der Waals surface area contributed by atoms with E-state index in [9.17, 15) is 0 Å². The number of aromatic nitrogens is 3. The molecule has 30 heavy (non-hydrogen) atoms. The summed E-state index contributed by atoms with van der Waals surface area (Å²) in [6.45, 7) is 0. The second-order valence-corrected chi connectivity index (χ2v) is 6.96. The second kappa shape index (κ2) is 8.97. The van der Waals surface area contributed by atoms with E-state index in [-0.39, 0.29) is 0 Å². The van der Waals surface area contributed by atoms with Crippen LogP contribution in [-0.4, -0.2) is 22.0 Å². The minimum Gasteiger partial charge on any atom is -0.328 e. The van der Waals surface area contributed by atoms with Gasteiger partial charge in [-0.2, -0.15) is 5.26 Å². The Hall–Kier alpha value is -4.04. The van der Waals surface area contributed by atoms with Gasteiger partial charge in [0.2, 0.25) is 0 Å². The van der Waals surface area contributed by atoms with Crippen LogP contribution in [0.1, 0.15) is 16.7 Å². The first-order valence-corrected chi connectivity index (χ1v) is 9.78. The SMILES string of the molecule is CN(c1cccnc1)c1ncccc1-c1ncccc1CCc1ccc(C#N)cc1. The maximum Gasteiger partial charge on any atom is 0.142 e. The summed E-state index contributed by atoms with van der Waals surface area (Å²) in [4.78, 5) is 15.6. The average Bonchev–Trinajstić information content (AvgIpc) is 2.83. The molecular formula is C25H21N5. The van der Waals surface area contributed by atoms with Crippen molar-refractivity contribution >= 4 is 11.5 Å². The van der Waals surface area contributed by atoms with Gasteiger partial charge in [-0.25, -0.2) is 4.98 Å². The average molecular weight is 391 g/mol. The minimum absolute atomic E-state index is 0.680. The molecule has 0 atom stereocenters. The number of pyridine rings is 3. The van der Waals surface area contributed by atoms with Crippen LogP contribution in [0.4, 0.5) is 11.5 Å². The molecule has 0 saturated heterocycles. The Morgan fingerprint density at radius 3 is 2.40 bits per heavy atom. The first-order chi connectivity index (χ1) is 14.8. The summed E-state index contributed by atoms with van der Waals surface area (Å²) in [5.41, 5.74) is 5.93. The van der Waals surface area contributed by atoms with Crippen molar-refractivity contribution in [1.82, 2.24) is 15.0 Å². The highest BCUT2D eigenvalue weighted by molar-refractivity contribution is 5.78. The first-order valence-electron chi connectivity index (χ1n) is 9.78. The Balaban J connectivity index is 1.65. The number of nitrogens with zero attached hydrogens (tertiary/aromatic N) is 5. The largest absolute Gasteiger partial charge is 0.328 e. The standard InChI is InChI=1S/C25H21N5/c1-30(22-6-3-14-27-18-22)25-23(7-4-16-29-25)24-21(5-2-15-28-24)13-12-19-8-10-20(17-26)11-9-19/h2-11,14-16,18H,12-13H2,1H3. The van der Waals surface area contributed by atoms with Crippen molar-refractivity contribution < 1.29 is 0 Å². The molecular weight excluding hydrogens is 370 g/mol. The molecule has 0 bridgehead atoms. The molecule has 0 unspecified atom stereocenters. The summed E-state index contributed by atoms with van der Waals surface area (Å²) in [5.74, 6) is 0.837. The topological polar surface area (TPSA) is 65.7 Å². The van der Waals surface area contributed by atoms with E-state index in [0.29, 0.717) is 5.56 Å². The highest BCUT2D eigenvalue weighted by Gasteiger charge is 2.16. The second-order valence-electron chi connectivity index (χ2n) is 6.96. The summed E-state index contributed by atoms with van der Waals surface area (Å²) in [6, 6.07) is 21.9. The number of hydrogen-bond acceptors (Lipinski definition) is 5. The van der Waals surface area contributed by atoms with Crippen molar-refractivity contribution in [3.05, 3.63) is 102 Å².